The molecule has 1 atom stereocenters. The highest BCUT2D eigenvalue weighted by molar-refractivity contribution is 4.82. The Morgan fingerprint density at radius 1 is 1.11 bits per heavy atom. The van der Waals surface area contributed by atoms with Gasteiger partial charge >= 0.3 is 0 Å². The third-order valence-corrected chi connectivity index (χ3v) is 4.47. The van der Waals surface area contributed by atoms with E-state index in [1.807, 2.05) is 0 Å². The summed E-state index contributed by atoms with van der Waals surface area (Å²) in [6, 6.07) is 1.52. The van der Waals surface area contributed by atoms with Gasteiger partial charge in [-0.2, -0.15) is 0 Å². The standard InChI is InChI=1S/C17H36N2/c1-6-11-16(14-18-17(2,3)4)19(5)15-12-9-7-8-10-13-15/h15-16,18H,6-14H2,1-5H3. The smallest absolute Gasteiger partial charge is 0.0220 e. The second-order valence-electron chi connectivity index (χ2n) is 7.38. The van der Waals surface area contributed by atoms with Crippen molar-refractivity contribution >= 4 is 0 Å². The first kappa shape index (κ1) is 17.0. The van der Waals surface area contributed by atoms with Crippen molar-refractivity contribution in [2.24, 2.45) is 0 Å². The van der Waals surface area contributed by atoms with Crippen molar-refractivity contribution in [3.63, 3.8) is 0 Å². The SMILES string of the molecule is CCCC(CNC(C)(C)C)N(C)C1CCCCCC1. The Hall–Kier alpha value is -0.0800. The second-order valence-corrected chi connectivity index (χ2v) is 7.38. The minimum atomic E-state index is 0.232. The van der Waals surface area contributed by atoms with E-state index in [9.17, 15) is 0 Å². The van der Waals surface area contributed by atoms with Crippen LogP contribution in [-0.2, 0) is 0 Å². The predicted octanol–water partition coefficient (Wildman–Crippen LogP) is 4.20. The van der Waals surface area contributed by atoms with Crippen LogP contribution in [0.1, 0.15) is 79.1 Å². The molecule has 0 heterocycles. The molecule has 1 saturated carbocycles. The van der Waals surface area contributed by atoms with E-state index in [0.29, 0.717) is 6.04 Å². The first-order valence-corrected chi connectivity index (χ1v) is 8.41. The zero-order valence-electron chi connectivity index (χ0n) is 14.0. The van der Waals surface area contributed by atoms with Crippen LogP contribution in [-0.4, -0.2) is 36.1 Å². The maximum atomic E-state index is 3.70. The topological polar surface area (TPSA) is 15.3 Å². The molecule has 0 radical (unpaired) electrons. The van der Waals surface area contributed by atoms with E-state index in [0.717, 1.165) is 12.6 Å². The second kappa shape index (κ2) is 8.26. The van der Waals surface area contributed by atoms with E-state index < -0.39 is 0 Å². The molecule has 1 aliphatic rings. The molecule has 1 unspecified atom stereocenters. The molecule has 0 aromatic heterocycles. The summed E-state index contributed by atoms with van der Waals surface area (Å²) in [7, 11) is 2.36. The van der Waals surface area contributed by atoms with E-state index in [2.05, 4.69) is 45.0 Å². The Morgan fingerprint density at radius 3 is 2.16 bits per heavy atom. The lowest BCUT2D eigenvalue weighted by molar-refractivity contribution is 0.140. The first-order valence-electron chi connectivity index (χ1n) is 8.41. The summed E-state index contributed by atoms with van der Waals surface area (Å²) >= 11 is 0. The number of hydrogen-bond acceptors (Lipinski definition) is 2. The number of hydrogen-bond donors (Lipinski definition) is 1. The fraction of sp³-hybridized carbons (Fsp3) is 1.00. The summed E-state index contributed by atoms with van der Waals surface area (Å²) in [5.41, 5.74) is 0.232. The van der Waals surface area contributed by atoms with Crippen LogP contribution in [0.5, 0.6) is 0 Å². The molecule has 1 aliphatic carbocycles. The Labute approximate surface area is 121 Å². The lowest BCUT2D eigenvalue weighted by Gasteiger charge is -2.36. The summed E-state index contributed by atoms with van der Waals surface area (Å²) < 4.78 is 0. The number of likely N-dealkylation sites (N-methyl/N-ethyl adjacent to an activating group) is 1. The molecule has 19 heavy (non-hydrogen) atoms. The summed E-state index contributed by atoms with van der Waals surface area (Å²) in [6.07, 6.45) is 11.2. The lowest BCUT2D eigenvalue weighted by atomic mass is 10.0. The summed E-state index contributed by atoms with van der Waals surface area (Å²) in [5.74, 6) is 0. The highest BCUT2D eigenvalue weighted by Crippen LogP contribution is 2.23. The third-order valence-electron chi connectivity index (χ3n) is 4.47. The molecule has 1 fully saturated rings. The number of nitrogens with zero attached hydrogens (tertiary/aromatic N) is 1. The van der Waals surface area contributed by atoms with Crippen LogP contribution in [0.3, 0.4) is 0 Å². The van der Waals surface area contributed by atoms with Crippen LogP contribution in [0.2, 0.25) is 0 Å². The van der Waals surface area contributed by atoms with Crippen LogP contribution < -0.4 is 5.32 Å². The molecule has 0 spiro atoms. The van der Waals surface area contributed by atoms with Gasteiger partial charge in [0.25, 0.3) is 0 Å². The molecule has 1 N–H and O–H groups in total. The van der Waals surface area contributed by atoms with Crippen molar-refractivity contribution in [2.45, 2.75) is 96.7 Å². The van der Waals surface area contributed by atoms with Crippen LogP contribution >= 0.6 is 0 Å². The Kier molecular flexibility index (Phi) is 7.38. The molecule has 2 heteroatoms. The molecule has 0 aliphatic heterocycles. The maximum absolute atomic E-state index is 3.70. The van der Waals surface area contributed by atoms with Gasteiger partial charge in [0.2, 0.25) is 0 Å². The molecule has 0 amide bonds. The summed E-state index contributed by atoms with van der Waals surface area (Å²) in [4.78, 5) is 2.69. The molecular weight excluding hydrogens is 232 g/mol. The molecule has 0 aromatic carbocycles. The van der Waals surface area contributed by atoms with Crippen LogP contribution in [0.25, 0.3) is 0 Å². The molecule has 0 bridgehead atoms. The zero-order valence-corrected chi connectivity index (χ0v) is 14.0. The van der Waals surface area contributed by atoms with Crippen molar-refractivity contribution < 1.29 is 0 Å². The van der Waals surface area contributed by atoms with Gasteiger partial charge in [-0.15, -0.1) is 0 Å². The van der Waals surface area contributed by atoms with Gasteiger partial charge in [-0.25, -0.2) is 0 Å². The maximum Gasteiger partial charge on any atom is 0.0220 e. The van der Waals surface area contributed by atoms with Gasteiger partial charge < -0.3 is 5.32 Å². The molecule has 2 nitrogen and oxygen atoms in total. The number of nitrogens with one attached hydrogen (secondary N) is 1. The normalized spacial score (nSPS) is 20.5. The van der Waals surface area contributed by atoms with Crippen molar-refractivity contribution in [3.05, 3.63) is 0 Å². The average Bonchev–Trinajstić information content (AvgIpc) is 2.61. The van der Waals surface area contributed by atoms with Crippen LogP contribution in [0.4, 0.5) is 0 Å². The van der Waals surface area contributed by atoms with Crippen LogP contribution in [0.15, 0.2) is 0 Å². The minimum Gasteiger partial charge on any atom is -0.311 e. The van der Waals surface area contributed by atoms with Gasteiger partial charge in [0, 0.05) is 24.2 Å². The van der Waals surface area contributed by atoms with E-state index >= 15 is 0 Å². The Balaban J connectivity index is 2.52. The molecular formula is C17H36N2. The fourth-order valence-electron chi connectivity index (χ4n) is 3.17. The van der Waals surface area contributed by atoms with Gasteiger partial charge in [-0.05, 0) is 47.1 Å². The minimum absolute atomic E-state index is 0.232. The zero-order chi connectivity index (χ0) is 14.3. The number of rotatable bonds is 6. The molecule has 114 valence electrons. The van der Waals surface area contributed by atoms with E-state index in [4.69, 9.17) is 0 Å². The van der Waals surface area contributed by atoms with E-state index in [1.165, 1.54) is 51.4 Å². The van der Waals surface area contributed by atoms with Gasteiger partial charge in [0.05, 0.1) is 0 Å². The van der Waals surface area contributed by atoms with Crippen molar-refractivity contribution in [1.29, 1.82) is 0 Å². The summed E-state index contributed by atoms with van der Waals surface area (Å²) in [5, 5.41) is 3.70. The predicted molar refractivity (Wildman–Crippen MR) is 85.7 cm³/mol. The largest absolute Gasteiger partial charge is 0.311 e. The monoisotopic (exact) mass is 268 g/mol. The Morgan fingerprint density at radius 2 is 1.68 bits per heavy atom. The molecule has 0 aromatic rings. The van der Waals surface area contributed by atoms with Crippen molar-refractivity contribution in [2.75, 3.05) is 13.6 Å². The first-order chi connectivity index (χ1) is 8.94. The lowest BCUT2D eigenvalue weighted by Crippen LogP contribution is -2.49. The van der Waals surface area contributed by atoms with Crippen LogP contribution in [0, 0.1) is 0 Å². The Bertz CT molecular complexity index is 224. The summed E-state index contributed by atoms with van der Waals surface area (Å²) in [6.45, 7) is 10.2. The van der Waals surface area contributed by atoms with Gasteiger partial charge in [0.15, 0.2) is 0 Å². The fourth-order valence-corrected chi connectivity index (χ4v) is 3.17. The molecule has 1 rings (SSSR count). The molecule has 0 saturated heterocycles. The highest BCUT2D eigenvalue weighted by atomic mass is 15.2. The van der Waals surface area contributed by atoms with E-state index in [-0.39, 0.29) is 5.54 Å². The third kappa shape index (κ3) is 6.76. The van der Waals surface area contributed by atoms with Gasteiger partial charge in [-0.3, -0.25) is 4.90 Å². The highest BCUT2D eigenvalue weighted by Gasteiger charge is 2.24. The van der Waals surface area contributed by atoms with Gasteiger partial charge in [-0.1, -0.05) is 39.0 Å². The van der Waals surface area contributed by atoms with Crippen molar-refractivity contribution in [1.82, 2.24) is 10.2 Å². The average molecular weight is 268 g/mol. The van der Waals surface area contributed by atoms with Gasteiger partial charge in [0.1, 0.15) is 0 Å². The van der Waals surface area contributed by atoms with Crippen molar-refractivity contribution in [3.8, 4) is 0 Å². The van der Waals surface area contributed by atoms with E-state index in [1.54, 1.807) is 0 Å². The quantitative estimate of drug-likeness (QED) is 0.726.